The molecule has 98 valence electrons. The van der Waals surface area contributed by atoms with Gasteiger partial charge in [-0.05, 0) is 17.7 Å². The Bertz CT molecular complexity index is 746. The van der Waals surface area contributed by atoms with Crippen LogP contribution in [0.5, 0.6) is 0 Å². The van der Waals surface area contributed by atoms with Crippen molar-refractivity contribution in [1.82, 2.24) is 29.9 Å². The Balaban J connectivity index is 2.19. The molecule has 6 nitrogen and oxygen atoms in total. The van der Waals surface area contributed by atoms with E-state index in [1.54, 1.807) is 0 Å². The number of halogens is 4. The lowest BCUT2D eigenvalue weighted by Gasteiger charge is -2.03. The Labute approximate surface area is 108 Å². The zero-order valence-electron chi connectivity index (χ0n) is 8.98. The van der Waals surface area contributed by atoms with Crippen molar-refractivity contribution in [2.45, 2.75) is 6.18 Å². The first-order valence-electron chi connectivity index (χ1n) is 4.95. The van der Waals surface area contributed by atoms with Crippen molar-refractivity contribution >= 4 is 22.6 Å². The third kappa shape index (κ3) is 2.01. The molecule has 10 heteroatoms. The van der Waals surface area contributed by atoms with E-state index in [2.05, 4.69) is 25.3 Å². The van der Waals surface area contributed by atoms with E-state index in [-0.39, 0.29) is 11.1 Å². The maximum atomic E-state index is 12.5. The number of aromatic nitrogens is 6. The minimum absolute atomic E-state index is 0.115. The fourth-order valence-electron chi connectivity index (χ4n) is 1.56. The Morgan fingerprint density at radius 2 is 2.05 bits per heavy atom. The van der Waals surface area contributed by atoms with E-state index in [4.69, 9.17) is 11.6 Å². The predicted molar refractivity (Wildman–Crippen MR) is 58.8 cm³/mol. The van der Waals surface area contributed by atoms with Crippen LogP contribution in [0.15, 0.2) is 18.5 Å². The van der Waals surface area contributed by atoms with Crippen LogP contribution in [-0.4, -0.2) is 29.9 Å². The van der Waals surface area contributed by atoms with Crippen LogP contribution in [-0.2, 0) is 6.18 Å². The van der Waals surface area contributed by atoms with Gasteiger partial charge in [-0.1, -0.05) is 0 Å². The lowest BCUT2D eigenvalue weighted by Crippen LogP contribution is -2.08. The van der Waals surface area contributed by atoms with Crippen LogP contribution in [0.4, 0.5) is 13.2 Å². The van der Waals surface area contributed by atoms with Crippen LogP contribution in [0.1, 0.15) is 5.69 Å². The van der Waals surface area contributed by atoms with Gasteiger partial charge in [0, 0.05) is 6.20 Å². The van der Waals surface area contributed by atoms with Crippen molar-refractivity contribution in [1.29, 1.82) is 0 Å². The molecular weight excluding hydrogens is 285 g/mol. The summed E-state index contributed by atoms with van der Waals surface area (Å²) in [5.41, 5.74) is -0.696. The highest BCUT2D eigenvalue weighted by Gasteiger charge is 2.33. The molecule has 19 heavy (non-hydrogen) atoms. The molecule has 0 aliphatic carbocycles. The van der Waals surface area contributed by atoms with Gasteiger partial charge in [0.15, 0.2) is 17.2 Å². The van der Waals surface area contributed by atoms with Gasteiger partial charge in [-0.2, -0.15) is 33.3 Å². The summed E-state index contributed by atoms with van der Waals surface area (Å²) in [5.74, 6) is 0.124. The molecule has 3 aromatic rings. The minimum atomic E-state index is -4.52. The molecule has 0 saturated carbocycles. The number of H-pyrrole nitrogens is 1. The highest BCUT2D eigenvalue weighted by Crippen LogP contribution is 2.28. The highest BCUT2D eigenvalue weighted by atomic mass is 35.5. The summed E-state index contributed by atoms with van der Waals surface area (Å²) in [6, 6.07) is 0.849. The third-order valence-corrected chi connectivity index (χ3v) is 2.53. The molecule has 0 unspecified atom stereocenters. The van der Waals surface area contributed by atoms with E-state index < -0.39 is 11.9 Å². The predicted octanol–water partition coefficient (Wildman–Crippen LogP) is 2.21. The van der Waals surface area contributed by atoms with Crippen molar-refractivity contribution in [3.8, 4) is 5.82 Å². The van der Waals surface area contributed by atoms with Crippen molar-refractivity contribution in [3.63, 3.8) is 0 Å². The normalized spacial score (nSPS) is 12.2. The first kappa shape index (κ1) is 11.9. The maximum absolute atomic E-state index is 12.5. The number of hydrogen-bond donors (Lipinski definition) is 1. The monoisotopic (exact) mass is 288 g/mol. The van der Waals surface area contributed by atoms with Crippen molar-refractivity contribution < 1.29 is 13.2 Å². The van der Waals surface area contributed by atoms with Crippen molar-refractivity contribution in [2.24, 2.45) is 0 Å². The second kappa shape index (κ2) is 3.92. The van der Waals surface area contributed by atoms with E-state index in [9.17, 15) is 13.2 Å². The van der Waals surface area contributed by atoms with E-state index >= 15 is 0 Å². The van der Waals surface area contributed by atoms with Crippen LogP contribution < -0.4 is 0 Å². The van der Waals surface area contributed by atoms with E-state index in [0.717, 1.165) is 16.9 Å². The second-order valence-electron chi connectivity index (χ2n) is 3.59. The molecule has 0 bridgehead atoms. The number of alkyl halides is 3. The zero-order valence-corrected chi connectivity index (χ0v) is 9.74. The van der Waals surface area contributed by atoms with Crippen LogP contribution in [0.2, 0.25) is 5.28 Å². The SMILES string of the molecule is FC(F)(F)c1ccn(-c2nc(Cl)nc3[nH]ncc23)n1. The molecule has 3 aromatic heterocycles. The number of fused-ring (bicyclic) bond motifs is 1. The van der Waals surface area contributed by atoms with Gasteiger partial charge in [-0.3, -0.25) is 5.10 Å². The van der Waals surface area contributed by atoms with Gasteiger partial charge in [0.2, 0.25) is 5.28 Å². The average molecular weight is 289 g/mol. The number of hydrogen-bond acceptors (Lipinski definition) is 4. The number of aromatic amines is 1. The molecule has 0 fully saturated rings. The fourth-order valence-corrected chi connectivity index (χ4v) is 1.73. The molecule has 1 N–H and O–H groups in total. The summed E-state index contributed by atoms with van der Waals surface area (Å²) in [7, 11) is 0. The lowest BCUT2D eigenvalue weighted by molar-refractivity contribution is -0.141. The van der Waals surface area contributed by atoms with Gasteiger partial charge in [0.1, 0.15) is 0 Å². The number of rotatable bonds is 1. The van der Waals surface area contributed by atoms with Crippen LogP contribution in [0, 0.1) is 0 Å². The Kier molecular flexibility index (Phi) is 2.45. The molecule has 0 aliphatic rings. The molecule has 0 atom stereocenters. The average Bonchev–Trinajstić information content (AvgIpc) is 2.94. The van der Waals surface area contributed by atoms with E-state index in [0.29, 0.717) is 11.0 Å². The largest absolute Gasteiger partial charge is 0.435 e. The molecule has 0 amide bonds. The topological polar surface area (TPSA) is 72.3 Å². The quantitative estimate of drug-likeness (QED) is 0.697. The molecule has 0 aliphatic heterocycles. The molecule has 0 spiro atoms. The van der Waals surface area contributed by atoms with Crippen molar-refractivity contribution in [3.05, 3.63) is 29.4 Å². The van der Waals surface area contributed by atoms with E-state index in [1.165, 1.54) is 6.20 Å². The smallest absolute Gasteiger partial charge is 0.261 e. The first-order valence-corrected chi connectivity index (χ1v) is 5.33. The van der Waals surface area contributed by atoms with Crippen molar-refractivity contribution in [2.75, 3.05) is 0 Å². The summed E-state index contributed by atoms with van der Waals surface area (Å²) in [6.45, 7) is 0. The second-order valence-corrected chi connectivity index (χ2v) is 3.93. The summed E-state index contributed by atoms with van der Waals surface area (Å²) in [5, 5.41) is 10.0. The third-order valence-electron chi connectivity index (χ3n) is 2.36. The zero-order chi connectivity index (χ0) is 13.6. The summed E-state index contributed by atoms with van der Waals surface area (Å²) in [4.78, 5) is 7.72. The number of nitrogens with zero attached hydrogens (tertiary/aromatic N) is 5. The number of nitrogens with one attached hydrogen (secondary N) is 1. The van der Waals surface area contributed by atoms with Gasteiger partial charge in [-0.25, -0.2) is 4.68 Å². The summed E-state index contributed by atoms with van der Waals surface area (Å²) in [6.07, 6.45) is -1.98. The highest BCUT2D eigenvalue weighted by molar-refractivity contribution is 6.28. The van der Waals surface area contributed by atoms with Crippen LogP contribution in [0.25, 0.3) is 16.9 Å². The van der Waals surface area contributed by atoms with Crippen LogP contribution in [0.3, 0.4) is 0 Å². The Hall–Kier alpha value is -2.16. The van der Waals surface area contributed by atoms with Gasteiger partial charge < -0.3 is 0 Å². The minimum Gasteiger partial charge on any atom is -0.261 e. The standard InChI is InChI=1S/C9H4ClF3N6/c10-8-15-6-4(3-14-17-6)7(16-8)19-2-1-5(18-19)9(11,12)13/h1-3H,(H,14,15,16,17). The molecule has 3 rings (SSSR count). The van der Waals surface area contributed by atoms with Crippen LogP contribution >= 0.6 is 11.6 Å². The Morgan fingerprint density at radius 3 is 2.74 bits per heavy atom. The molecular formula is C9H4ClF3N6. The first-order chi connectivity index (χ1) is 8.95. The van der Waals surface area contributed by atoms with Gasteiger partial charge in [0.25, 0.3) is 0 Å². The molecule has 0 saturated heterocycles. The maximum Gasteiger partial charge on any atom is 0.435 e. The molecule has 3 heterocycles. The van der Waals surface area contributed by atoms with Gasteiger partial charge in [0.05, 0.1) is 11.6 Å². The molecule has 0 radical (unpaired) electrons. The fraction of sp³-hybridized carbons (Fsp3) is 0.111. The van der Waals surface area contributed by atoms with E-state index in [1.807, 2.05) is 0 Å². The van der Waals surface area contributed by atoms with Gasteiger partial charge in [-0.15, -0.1) is 0 Å². The summed E-state index contributed by atoms with van der Waals surface area (Å²) >= 11 is 5.69. The van der Waals surface area contributed by atoms with Gasteiger partial charge >= 0.3 is 6.18 Å². The Morgan fingerprint density at radius 1 is 1.26 bits per heavy atom. The summed E-state index contributed by atoms with van der Waals surface area (Å²) < 4.78 is 38.5. The lowest BCUT2D eigenvalue weighted by atomic mass is 10.4. The molecule has 0 aromatic carbocycles.